The maximum atomic E-state index is 11.8. The van der Waals surface area contributed by atoms with E-state index in [2.05, 4.69) is 6.92 Å². The van der Waals surface area contributed by atoms with Gasteiger partial charge in [0.05, 0.1) is 45.2 Å². The lowest BCUT2D eigenvalue weighted by Crippen LogP contribution is -2.57. The van der Waals surface area contributed by atoms with Gasteiger partial charge in [-0.1, -0.05) is 97.9 Å². The molecule has 0 spiro atoms. The first-order valence-electron chi connectivity index (χ1n) is 13.5. The third-order valence-electron chi connectivity index (χ3n) is 6.64. The molecule has 7 heteroatoms. The monoisotopic (exact) mass is 534 g/mol. The highest BCUT2D eigenvalue weighted by atomic mass is 16.7. The lowest BCUT2D eigenvalue weighted by atomic mass is 9.90. The van der Waals surface area contributed by atoms with Crippen molar-refractivity contribution in [3.63, 3.8) is 0 Å². The summed E-state index contributed by atoms with van der Waals surface area (Å²) >= 11 is 0. The van der Waals surface area contributed by atoms with E-state index in [4.69, 9.17) is 28.4 Å². The van der Waals surface area contributed by atoms with E-state index in [0.29, 0.717) is 26.4 Å². The molecule has 39 heavy (non-hydrogen) atoms. The molecule has 1 heterocycles. The molecule has 7 nitrogen and oxygen atoms in total. The number of benzene rings is 3. The summed E-state index contributed by atoms with van der Waals surface area (Å²) < 4.78 is 36.5. The van der Waals surface area contributed by atoms with Crippen molar-refractivity contribution in [1.29, 1.82) is 0 Å². The van der Waals surface area contributed by atoms with Gasteiger partial charge in [-0.3, -0.25) is 0 Å². The largest absolute Gasteiger partial charge is 0.464 e. The zero-order chi connectivity index (χ0) is 27.3. The van der Waals surface area contributed by atoms with Crippen LogP contribution in [0.2, 0.25) is 0 Å². The summed E-state index contributed by atoms with van der Waals surface area (Å²) in [6.07, 6.45) is -1.92. The van der Waals surface area contributed by atoms with Crippen LogP contribution in [0, 0.1) is 5.92 Å². The minimum atomic E-state index is -0.706. The standard InChI is InChI=1S/C32H38O7/c1-3-35-29(33)23-34-22-28-24(2)30(36-19-25-13-7-4-8-14-25)31(37-20-26-15-9-5-10-16-26)32(39-28)38-21-27-17-11-6-12-18-27/h4-18,24,28,30-32H,3,19-23H2,1-2H3/t24-,28-,30+,31-,32?/m1/s1. The van der Waals surface area contributed by atoms with Gasteiger partial charge in [0.1, 0.15) is 12.7 Å². The molecule has 0 radical (unpaired) electrons. The fraction of sp³-hybridized carbons (Fsp3) is 0.406. The molecule has 1 saturated heterocycles. The second-order valence-corrected chi connectivity index (χ2v) is 9.54. The first-order valence-corrected chi connectivity index (χ1v) is 13.5. The molecule has 3 aromatic carbocycles. The first kappa shape index (κ1) is 28.9. The van der Waals surface area contributed by atoms with Crippen molar-refractivity contribution >= 4 is 5.97 Å². The van der Waals surface area contributed by atoms with Gasteiger partial charge in [-0.2, -0.15) is 0 Å². The third kappa shape index (κ3) is 8.98. The Morgan fingerprint density at radius 3 is 1.72 bits per heavy atom. The minimum Gasteiger partial charge on any atom is -0.464 e. The Morgan fingerprint density at radius 2 is 1.21 bits per heavy atom. The molecule has 1 aliphatic heterocycles. The van der Waals surface area contributed by atoms with Crippen LogP contribution in [-0.2, 0) is 53.0 Å². The number of hydrogen-bond acceptors (Lipinski definition) is 7. The molecule has 3 aromatic rings. The second-order valence-electron chi connectivity index (χ2n) is 9.54. The van der Waals surface area contributed by atoms with Crippen molar-refractivity contribution in [2.24, 2.45) is 5.92 Å². The van der Waals surface area contributed by atoms with E-state index >= 15 is 0 Å². The number of ether oxygens (including phenoxy) is 6. The maximum Gasteiger partial charge on any atom is 0.332 e. The number of carbonyl (C=O) groups is 1. The lowest BCUT2D eigenvalue weighted by Gasteiger charge is -2.45. The van der Waals surface area contributed by atoms with Crippen molar-refractivity contribution in [2.45, 2.75) is 58.3 Å². The van der Waals surface area contributed by atoms with Crippen LogP contribution < -0.4 is 0 Å². The molecule has 0 aromatic heterocycles. The van der Waals surface area contributed by atoms with Gasteiger partial charge in [0.25, 0.3) is 0 Å². The average Bonchev–Trinajstić information content (AvgIpc) is 2.97. The smallest absolute Gasteiger partial charge is 0.332 e. The molecule has 1 aliphatic rings. The summed E-state index contributed by atoms with van der Waals surface area (Å²) in [7, 11) is 0. The van der Waals surface area contributed by atoms with Crippen molar-refractivity contribution in [2.75, 3.05) is 19.8 Å². The quantitative estimate of drug-likeness (QED) is 0.259. The van der Waals surface area contributed by atoms with Crippen LogP contribution in [0.3, 0.4) is 0 Å². The highest BCUT2D eigenvalue weighted by Crippen LogP contribution is 2.33. The summed E-state index contributed by atoms with van der Waals surface area (Å²) in [4.78, 5) is 11.8. The summed E-state index contributed by atoms with van der Waals surface area (Å²) in [5, 5.41) is 0. The van der Waals surface area contributed by atoms with Gasteiger partial charge < -0.3 is 28.4 Å². The van der Waals surface area contributed by atoms with Gasteiger partial charge >= 0.3 is 5.97 Å². The van der Waals surface area contributed by atoms with Crippen LogP contribution in [0.1, 0.15) is 30.5 Å². The van der Waals surface area contributed by atoms with Gasteiger partial charge in [-0.25, -0.2) is 4.79 Å². The van der Waals surface area contributed by atoms with Crippen LogP contribution >= 0.6 is 0 Å². The Balaban J connectivity index is 1.52. The minimum absolute atomic E-state index is 0.103. The van der Waals surface area contributed by atoms with E-state index in [1.165, 1.54) is 0 Å². The highest BCUT2D eigenvalue weighted by Gasteiger charge is 2.46. The van der Waals surface area contributed by atoms with E-state index in [0.717, 1.165) is 16.7 Å². The molecule has 0 saturated carbocycles. The van der Waals surface area contributed by atoms with Crippen molar-refractivity contribution in [3.8, 4) is 0 Å². The SMILES string of the molecule is CCOC(=O)COC[C@H]1OC(OCc2ccccc2)[C@H](OCc2ccccc2)[C@@H](OCc2ccccc2)[C@@H]1C. The molecule has 4 rings (SSSR count). The maximum absolute atomic E-state index is 11.8. The Bertz CT molecular complexity index is 1090. The first-order chi connectivity index (χ1) is 19.1. The van der Waals surface area contributed by atoms with Crippen molar-refractivity contribution < 1.29 is 33.2 Å². The summed E-state index contributed by atoms with van der Waals surface area (Å²) in [6.45, 7) is 5.35. The number of esters is 1. The topological polar surface area (TPSA) is 72.5 Å². The van der Waals surface area contributed by atoms with Gasteiger partial charge in [0.2, 0.25) is 0 Å². The van der Waals surface area contributed by atoms with Crippen molar-refractivity contribution in [3.05, 3.63) is 108 Å². The molecule has 208 valence electrons. The van der Waals surface area contributed by atoms with Gasteiger partial charge in [0, 0.05) is 5.92 Å². The van der Waals surface area contributed by atoms with Crippen LogP contribution in [0.15, 0.2) is 91.0 Å². The summed E-state index contributed by atoms with van der Waals surface area (Å²) in [5.41, 5.74) is 3.14. The predicted molar refractivity (Wildman–Crippen MR) is 147 cm³/mol. The molecule has 1 fully saturated rings. The molecule has 0 amide bonds. The zero-order valence-electron chi connectivity index (χ0n) is 22.6. The molecule has 5 atom stereocenters. The predicted octanol–water partition coefficient (Wildman–Crippen LogP) is 5.31. The summed E-state index contributed by atoms with van der Waals surface area (Å²) in [5.74, 6) is -0.507. The van der Waals surface area contributed by atoms with Crippen LogP contribution in [0.25, 0.3) is 0 Å². The number of carbonyl (C=O) groups excluding carboxylic acids is 1. The summed E-state index contributed by atoms with van der Waals surface area (Å²) in [6, 6.07) is 30.0. The van der Waals surface area contributed by atoms with Gasteiger partial charge in [-0.15, -0.1) is 0 Å². The Labute approximate surface area is 230 Å². The van der Waals surface area contributed by atoms with E-state index in [9.17, 15) is 4.79 Å². The second kappa shape index (κ2) is 15.5. The van der Waals surface area contributed by atoms with Crippen molar-refractivity contribution in [1.82, 2.24) is 0 Å². The van der Waals surface area contributed by atoms with E-state index in [1.54, 1.807) is 6.92 Å². The Hall–Kier alpha value is -3.07. The Kier molecular flexibility index (Phi) is 11.5. The molecule has 0 N–H and O–H groups in total. The van der Waals surface area contributed by atoms with E-state index in [-0.39, 0.29) is 31.3 Å². The molecule has 0 bridgehead atoms. The number of rotatable bonds is 14. The molecule has 0 aliphatic carbocycles. The third-order valence-corrected chi connectivity index (χ3v) is 6.64. The van der Waals surface area contributed by atoms with Gasteiger partial charge in [0.15, 0.2) is 6.29 Å². The molecular formula is C32H38O7. The van der Waals surface area contributed by atoms with E-state index in [1.807, 2.05) is 91.0 Å². The van der Waals surface area contributed by atoms with Crippen LogP contribution in [0.4, 0.5) is 0 Å². The zero-order valence-corrected chi connectivity index (χ0v) is 22.6. The lowest BCUT2D eigenvalue weighted by molar-refractivity contribution is -0.312. The molecule has 1 unspecified atom stereocenters. The Morgan fingerprint density at radius 1 is 0.718 bits per heavy atom. The molecular weight excluding hydrogens is 496 g/mol. The fourth-order valence-corrected chi connectivity index (χ4v) is 4.53. The number of hydrogen-bond donors (Lipinski definition) is 0. The van der Waals surface area contributed by atoms with E-state index < -0.39 is 18.4 Å². The van der Waals surface area contributed by atoms with Gasteiger partial charge in [-0.05, 0) is 23.6 Å². The normalized spacial score (nSPS) is 22.9. The average molecular weight is 535 g/mol. The fourth-order valence-electron chi connectivity index (χ4n) is 4.53. The van der Waals surface area contributed by atoms with Crippen LogP contribution in [-0.4, -0.2) is 50.4 Å². The highest BCUT2D eigenvalue weighted by molar-refractivity contribution is 5.70. The van der Waals surface area contributed by atoms with Crippen LogP contribution in [0.5, 0.6) is 0 Å².